The van der Waals surface area contributed by atoms with Gasteiger partial charge in [-0.2, -0.15) is 5.10 Å². The molecule has 3 aromatic carbocycles. The van der Waals surface area contributed by atoms with Crippen LogP contribution in [0.4, 0.5) is 0 Å². The number of aryl methyl sites for hydroxylation is 2. The minimum atomic E-state index is -0.321. The van der Waals surface area contributed by atoms with Gasteiger partial charge < -0.3 is 14.2 Å². The van der Waals surface area contributed by atoms with Gasteiger partial charge >= 0.3 is 0 Å². The number of benzene rings is 3. The fourth-order valence-electron chi connectivity index (χ4n) is 3.10. The second-order valence-corrected chi connectivity index (χ2v) is 7.29. The van der Waals surface area contributed by atoms with Crippen LogP contribution in [0, 0.1) is 13.8 Å². The maximum Gasteiger partial charge on any atom is 0.271 e. The number of ether oxygens (including phenoxy) is 3. The van der Waals surface area contributed by atoms with Gasteiger partial charge in [0.25, 0.3) is 5.91 Å². The summed E-state index contributed by atoms with van der Waals surface area (Å²) >= 11 is 0. The molecule has 0 radical (unpaired) electrons. The summed E-state index contributed by atoms with van der Waals surface area (Å²) in [6.07, 6.45) is 1.56. The summed E-state index contributed by atoms with van der Waals surface area (Å²) in [6, 6.07) is 18.7. The molecular weight excluding hydrogens is 404 g/mol. The molecule has 0 heterocycles. The van der Waals surface area contributed by atoms with Gasteiger partial charge in [0, 0.05) is 5.56 Å². The van der Waals surface area contributed by atoms with Crippen LogP contribution in [0.25, 0.3) is 0 Å². The van der Waals surface area contributed by atoms with E-state index in [4.69, 9.17) is 14.2 Å². The largest absolute Gasteiger partial charge is 0.497 e. The normalized spacial score (nSPS) is 10.8. The molecule has 0 aromatic heterocycles. The van der Waals surface area contributed by atoms with Gasteiger partial charge in [-0.15, -0.1) is 0 Å². The number of rotatable bonds is 9. The van der Waals surface area contributed by atoms with Crippen molar-refractivity contribution in [3.8, 4) is 17.2 Å². The van der Waals surface area contributed by atoms with Gasteiger partial charge in [-0.1, -0.05) is 29.8 Å². The molecule has 1 N–H and O–H groups in total. The Bertz CT molecular complexity index is 1110. The lowest BCUT2D eigenvalue weighted by Gasteiger charge is -2.14. The van der Waals surface area contributed by atoms with E-state index in [1.165, 1.54) is 11.1 Å². The fourth-order valence-corrected chi connectivity index (χ4v) is 3.10. The van der Waals surface area contributed by atoms with Crippen LogP contribution in [-0.4, -0.2) is 25.8 Å². The predicted octanol–water partition coefficient (Wildman–Crippen LogP) is 5.05. The lowest BCUT2D eigenvalue weighted by Crippen LogP contribution is -2.17. The Morgan fingerprint density at radius 1 is 1.00 bits per heavy atom. The first-order valence-electron chi connectivity index (χ1n) is 10.4. The number of methoxy groups -OCH3 is 1. The topological polar surface area (TPSA) is 69.2 Å². The number of hydrogen-bond donors (Lipinski definition) is 1. The van der Waals surface area contributed by atoms with Crippen LogP contribution in [0.5, 0.6) is 17.2 Å². The summed E-state index contributed by atoms with van der Waals surface area (Å²) in [6.45, 7) is 7.02. The lowest BCUT2D eigenvalue weighted by atomic mass is 10.1. The van der Waals surface area contributed by atoms with Crippen molar-refractivity contribution < 1.29 is 19.0 Å². The van der Waals surface area contributed by atoms with Crippen molar-refractivity contribution >= 4 is 12.1 Å². The summed E-state index contributed by atoms with van der Waals surface area (Å²) < 4.78 is 16.9. The first kappa shape index (κ1) is 22.9. The molecule has 0 atom stereocenters. The molecule has 1 amide bonds. The molecule has 0 saturated carbocycles. The number of hydrogen-bond acceptors (Lipinski definition) is 5. The number of amides is 1. The Balaban J connectivity index is 1.68. The lowest BCUT2D eigenvalue weighted by molar-refractivity contribution is 0.0955. The molecule has 0 fully saturated rings. The summed E-state index contributed by atoms with van der Waals surface area (Å²) in [5.74, 6) is 1.57. The smallest absolute Gasteiger partial charge is 0.271 e. The van der Waals surface area contributed by atoms with Crippen molar-refractivity contribution in [1.82, 2.24) is 5.43 Å². The minimum Gasteiger partial charge on any atom is -0.497 e. The van der Waals surface area contributed by atoms with Crippen LogP contribution in [0.2, 0.25) is 0 Å². The predicted molar refractivity (Wildman–Crippen MR) is 126 cm³/mol. The SMILES string of the molecule is CCOc1cc(/C=N/NC(=O)c2cccc(OC)c2)ccc1OCc1cc(C)ccc1C. The Morgan fingerprint density at radius 3 is 2.62 bits per heavy atom. The third kappa shape index (κ3) is 6.11. The second kappa shape index (κ2) is 11.0. The zero-order valence-electron chi connectivity index (χ0n) is 18.8. The molecule has 0 aliphatic rings. The Hall–Kier alpha value is -3.80. The molecule has 3 rings (SSSR count). The van der Waals surface area contributed by atoms with E-state index in [0.29, 0.717) is 36.0 Å². The zero-order valence-corrected chi connectivity index (χ0v) is 18.8. The van der Waals surface area contributed by atoms with Crippen molar-refractivity contribution in [2.45, 2.75) is 27.4 Å². The number of hydrazone groups is 1. The maximum atomic E-state index is 12.3. The van der Waals surface area contributed by atoms with Crippen LogP contribution in [0.3, 0.4) is 0 Å². The molecule has 32 heavy (non-hydrogen) atoms. The average molecular weight is 433 g/mol. The summed E-state index contributed by atoms with van der Waals surface area (Å²) in [5.41, 5.74) is 7.28. The van der Waals surface area contributed by atoms with E-state index in [2.05, 4.69) is 42.6 Å². The molecule has 0 aliphatic heterocycles. The Kier molecular flexibility index (Phi) is 7.86. The van der Waals surface area contributed by atoms with Crippen LogP contribution in [-0.2, 0) is 6.61 Å². The van der Waals surface area contributed by atoms with E-state index in [0.717, 1.165) is 11.1 Å². The maximum absolute atomic E-state index is 12.3. The van der Waals surface area contributed by atoms with Crippen LogP contribution >= 0.6 is 0 Å². The summed E-state index contributed by atoms with van der Waals surface area (Å²) in [7, 11) is 1.56. The van der Waals surface area contributed by atoms with E-state index < -0.39 is 0 Å². The first-order valence-corrected chi connectivity index (χ1v) is 10.4. The average Bonchev–Trinajstić information content (AvgIpc) is 2.80. The molecular formula is C26H28N2O4. The molecule has 0 saturated heterocycles. The second-order valence-electron chi connectivity index (χ2n) is 7.29. The third-order valence-corrected chi connectivity index (χ3v) is 4.87. The molecule has 0 aliphatic carbocycles. The van der Waals surface area contributed by atoms with E-state index in [1.807, 2.05) is 25.1 Å². The van der Waals surface area contributed by atoms with E-state index in [1.54, 1.807) is 37.6 Å². The standard InChI is InChI=1S/C26H28N2O4/c1-5-31-25-14-20(16-27-28-26(29)21-7-6-8-23(15-21)30-4)11-12-24(25)32-17-22-13-18(2)9-10-19(22)3/h6-16H,5,17H2,1-4H3,(H,28,29)/b27-16+. The summed E-state index contributed by atoms with van der Waals surface area (Å²) in [5, 5.41) is 4.06. The minimum absolute atomic E-state index is 0.321. The highest BCUT2D eigenvalue weighted by Crippen LogP contribution is 2.29. The van der Waals surface area contributed by atoms with Crippen LogP contribution in [0.15, 0.2) is 65.8 Å². The van der Waals surface area contributed by atoms with Crippen LogP contribution in [0.1, 0.15) is 39.5 Å². The highest BCUT2D eigenvalue weighted by molar-refractivity contribution is 5.95. The van der Waals surface area contributed by atoms with Gasteiger partial charge in [-0.25, -0.2) is 5.43 Å². The highest BCUT2D eigenvalue weighted by Gasteiger charge is 2.09. The number of carbonyl (C=O) groups excluding carboxylic acids is 1. The fraction of sp³-hybridized carbons (Fsp3) is 0.231. The summed E-state index contributed by atoms with van der Waals surface area (Å²) in [4.78, 5) is 12.3. The van der Waals surface area contributed by atoms with E-state index >= 15 is 0 Å². The van der Waals surface area contributed by atoms with Crippen LogP contribution < -0.4 is 19.6 Å². The molecule has 3 aromatic rings. The molecule has 6 heteroatoms. The van der Waals surface area contributed by atoms with Gasteiger partial charge in [0.15, 0.2) is 11.5 Å². The van der Waals surface area contributed by atoms with Crippen molar-refractivity contribution in [3.05, 3.63) is 88.5 Å². The quantitative estimate of drug-likeness (QED) is 0.379. The van der Waals surface area contributed by atoms with Crippen molar-refractivity contribution in [2.24, 2.45) is 5.10 Å². The van der Waals surface area contributed by atoms with Gasteiger partial charge in [0.05, 0.1) is 19.9 Å². The third-order valence-electron chi connectivity index (χ3n) is 4.87. The molecule has 0 spiro atoms. The monoisotopic (exact) mass is 432 g/mol. The van der Waals surface area contributed by atoms with E-state index in [-0.39, 0.29) is 5.91 Å². The van der Waals surface area contributed by atoms with Crippen molar-refractivity contribution in [1.29, 1.82) is 0 Å². The Morgan fingerprint density at radius 2 is 1.84 bits per heavy atom. The number of nitrogens with one attached hydrogen (secondary N) is 1. The van der Waals surface area contributed by atoms with E-state index in [9.17, 15) is 4.79 Å². The molecule has 6 nitrogen and oxygen atoms in total. The van der Waals surface area contributed by atoms with Crippen molar-refractivity contribution in [2.75, 3.05) is 13.7 Å². The molecule has 0 unspecified atom stereocenters. The number of carbonyl (C=O) groups is 1. The van der Waals surface area contributed by atoms with Gasteiger partial charge in [0.2, 0.25) is 0 Å². The number of nitrogens with zero attached hydrogens (tertiary/aromatic N) is 1. The highest BCUT2D eigenvalue weighted by atomic mass is 16.5. The molecule has 0 bridgehead atoms. The van der Waals surface area contributed by atoms with Gasteiger partial charge in [0.1, 0.15) is 12.4 Å². The van der Waals surface area contributed by atoms with Gasteiger partial charge in [-0.3, -0.25) is 4.79 Å². The Labute approximate surface area is 188 Å². The van der Waals surface area contributed by atoms with Crippen molar-refractivity contribution in [3.63, 3.8) is 0 Å². The van der Waals surface area contributed by atoms with Gasteiger partial charge in [-0.05, 0) is 73.9 Å². The molecule has 166 valence electrons. The first-order chi connectivity index (χ1) is 15.5. The zero-order chi connectivity index (χ0) is 22.9.